The number of amides is 3. The fraction of sp³-hybridized carbons (Fsp3) is 0.633. The van der Waals surface area contributed by atoms with Gasteiger partial charge in [0.05, 0.1) is 12.3 Å². The van der Waals surface area contributed by atoms with E-state index in [0.717, 1.165) is 54.6 Å². The van der Waals surface area contributed by atoms with E-state index in [1.807, 2.05) is 44.2 Å². The van der Waals surface area contributed by atoms with Gasteiger partial charge in [0.2, 0.25) is 5.91 Å². The summed E-state index contributed by atoms with van der Waals surface area (Å²) in [6, 6.07) is 8.19. The largest absolute Gasteiger partial charge is 0.481 e. The Morgan fingerprint density at radius 2 is 1.76 bits per heavy atom. The lowest BCUT2D eigenvalue weighted by atomic mass is 9.91. The van der Waals surface area contributed by atoms with Gasteiger partial charge in [-0.1, -0.05) is 62.4 Å². The molecule has 3 atom stereocenters. The Balaban J connectivity index is 2.30. The van der Waals surface area contributed by atoms with Crippen LogP contribution in [0.15, 0.2) is 30.3 Å². The van der Waals surface area contributed by atoms with Crippen molar-refractivity contribution in [2.75, 3.05) is 19.6 Å². The predicted octanol–water partition coefficient (Wildman–Crippen LogP) is 4.37. The third-order valence-electron chi connectivity index (χ3n) is 6.84. The van der Waals surface area contributed by atoms with Gasteiger partial charge in [-0.25, -0.2) is 9.69 Å². The van der Waals surface area contributed by atoms with Crippen molar-refractivity contribution in [1.29, 1.82) is 0 Å². The van der Waals surface area contributed by atoms with Crippen LogP contribution in [0.5, 0.6) is 0 Å². The van der Waals surface area contributed by atoms with E-state index in [1.54, 1.807) is 0 Å². The molecule has 0 aromatic heterocycles. The van der Waals surface area contributed by atoms with E-state index in [1.165, 1.54) is 6.92 Å². The molecule has 0 spiro atoms. The summed E-state index contributed by atoms with van der Waals surface area (Å²) in [5.41, 5.74) is 0.791. The zero-order chi connectivity index (χ0) is 30.2. The van der Waals surface area contributed by atoms with E-state index in [4.69, 9.17) is 4.74 Å². The molecular formula is C30H45N3O7S. The number of nitrogens with zero attached hydrogens (tertiary/aromatic N) is 1. The van der Waals surface area contributed by atoms with E-state index in [-0.39, 0.29) is 30.6 Å². The highest BCUT2D eigenvalue weighted by atomic mass is 32.2. The topological polar surface area (TPSA) is 142 Å². The maximum atomic E-state index is 13.8. The van der Waals surface area contributed by atoms with Crippen molar-refractivity contribution in [2.24, 2.45) is 11.8 Å². The van der Waals surface area contributed by atoms with Crippen molar-refractivity contribution in [3.63, 3.8) is 0 Å². The molecule has 10 nitrogen and oxygen atoms in total. The number of rotatable bonds is 10. The van der Waals surface area contributed by atoms with Crippen LogP contribution in [-0.4, -0.2) is 69.9 Å². The fourth-order valence-electron chi connectivity index (χ4n) is 4.82. The number of hydrogen-bond acceptors (Lipinski definition) is 8. The number of carbonyl (C=O) groups excluding carboxylic acids is 4. The van der Waals surface area contributed by atoms with Crippen LogP contribution < -0.4 is 10.6 Å². The average Bonchev–Trinajstić information content (AvgIpc) is 2.93. The van der Waals surface area contributed by atoms with Gasteiger partial charge < -0.3 is 20.5 Å². The number of benzene rings is 1. The molecule has 2 rings (SSSR count). The summed E-state index contributed by atoms with van der Waals surface area (Å²) in [7, 11) is 0. The highest BCUT2D eigenvalue weighted by Gasteiger charge is 2.36. The second-order valence-electron chi connectivity index (χ2n) is 10.9. The maximum absolute atomic E-state index is 13.8. The smallest absolute Gasteiger partial charge is 0.416 e. The molecule has 1 aliphatic rings. The van der Waals surface area contributed by atoms with Gasteiger partial charge in [-0.15, -0.1) is 0 Å². The van der Waals surface area contributed by atoms with E-state index in [9.17, 15) is 29.1 Å². The van der Waals surface area contributed by atoms with Gasteiger partial charge in [0.1, 0.15) is 12.6 Å². The molecule has 3 unspecified atom stereocenters. The molecule has 0 saturated carbocycles. The van der Waals surface area contributed by atoms with Crippen LogP contribution in [-0.2, 0) is 30.5 Å². The molecule has 228 valence electrons. The Hall–Kier alpha value is -2.92. The normalized spacial score (nSPS) is 18.8. The van der Waals surface area contributed by atoms with Gasteiger partial charge in [-0.2, -0.15) is 0 Å². The monoisotopic (exact) mass is 591 g/mol. The first kappa shape index (κ1) is 34.3. The summed E-state index contributed by atoms with van der Waals surface area (Å²) < 4.78 is 5.50. The number of imide groups is 1. The molecule has 3 N–H and O–H groups in total. The van der Waals surface area contributed by atoms with Crippen LogP contribution >= 0.6 is 11.8 Å². The minimum atomic E-state index is -1.11. The molecule has 1 aromatic rings. The van der Waals surface area contributed by atoms with E-state index in [2.05, 4.69) is 10.6 Å². The molecule has 0 bridgehead atoms. The molecular weight excluding hydrogens is 546 g/mol. The van der Waals surface area contributed by atoms with E-state index < -0.39 is 41.1 Å². The second kappa shape index (κ2) is 18.5. The summed E-state index contributed by atoms with van der Waals surface area (Å²) >= 11 is 0.842. The quantitative estimate of drug-likeness (QED) is 0.362. The van der Waals surface area contributed by atoms with Crippen molar-refractivity contribution in [3.8, 4) is 0 Å². The van der Waals surface area contributed by atoms with Gasteiger partial charge in [-0.05, 0) is 63.1 Å². The summed E-state index contributed by atoms with van der Waals surface area (Å²) in [4.78, 5) is 65.3. The Morgan fingerprint density at radius 1 is 1.07 bits per heavy atom. The van der Waals surface area contributed by atoms with Crippen molar-refractivity contribution in [3.05, 3.63) is 35.9 Å². The molecule has 1 saturated heterocycles. The molecule has 41 heavy (non-hydrogen) atoms. The van der Waals surface area contributed by atoms with Crippen LogP contribution in [0.3, 0.4) is 0 Å². The number of aliphatic carboxylic acids is 1. The van der Waals surface area contributed by atoms with Gasteiger partial charge >= 0.3 is 12.1 Å². The number of ether oxygens (including phenoxy) is 1. The van der Waals surface area contributed by atoms with Gasteiger partial charge in [-0.3, -0.25) is 19.2 Å². The van der Waals surface area contributed by atoms with E-state index in [0.29, 0.717) is 25.7 Å². The molecule has 0 aliphatic carbocycles. The molecule has 1 heterocycles. The highest BCUT2D eigenvalue weighted by Crippen LogP contribution is 2.29. The van der Waals surface area contributed by atoms with Gasteiger partial charge in [0, 0.05) is 18.7 Å². The Morgan fingerprint density at radius 3 is 2.39 bits per heavy atom. The Kier molecular flexibility index (Phi) is 15.5. The molecule has 1 aliphatic heterocycles. The first-order valence-corrected chi connectivity index (χ1v) is 15.4. The van der Waals surface area contributed by atoms with Crippen LogP contribution in [0, 0.1) is 11.8 Å². The summed E-state index contributed by atoms with van der Waals surface area (Å²) in [6.45, 7) is 6.98. The van der Waals surface area contributed by atoms with Gasteiger partial charge in [0.25, 0.3) is 5.91 Å². The predicted molar refractivity (Wildman–Crippen MR) is 158 cm³/mol. The number of thioether (sulfide) groups is 1. The third kappa shape index (κ3) is 13.1. The van der Waals surface area contributed by atoms with Crippen molar-refractivity contribution < 1.29 is 33.8 Å². The SMILES string of the molecule is CC(=O)SC(CC(=O)O)C(CC(C)C)C(=O)NC1CCCCNCCCCCN(C(=O)OCc2ccccc2)C1=O. The number of carboxylic acids is 1. The van der Waals surface area contributed by atoms with Crippen molar-refractivity contribution >= 4 is 40.8 Å². The molecule has 0 radical (unpaired) electrons. The fourth-order valence-corrected chi connectivity index (χ4v) is 5.87. The second-order valence-corrected chi connectivity index (χ2v) is 12.3. The van der Waals surface area contributed by atoms with Crippen LogP contribution in [0.1, 0.15) is 77.7 Å². The molecule has 3 amide bonds. The first-order valence-electron chi connectivity index (χ1n) is 14.5. The summed E-state index contributed by atoms with van der Waals surface area (Å²) in [5.74, 6) is -2.90. The van der Waals surface area contributed by atoms with Gasteiger partial charge in [0.15, 0.2) is 5.12 Å². The van der Waals surface area contributed by atoms with Crippen LogP contribution in [0.25, 0.3) is 0 Å². The number of nitrogens with one attached hydrogen (secondary N) is 2. The van der Waals surface area contributed by atoms with Crippen molar-refractivity contribution in [2.45, 2.75) is 90.0 Å². The van der Waals surface area contributed by atoms with Crippen LogP contribution in [0.2, 0.25) is 0 Å². The lowest BCUT2D eigenvalue weighted by Gasteiger charge is -2.30. The Bertz CT molecular complexity index is 989. The molecule has 1 fully saturated rings. The lowest BCUT2D eigenvalue weighted by Crippen LogP contribution is -2.53. The highest BCUT2D eigenvalue weighted by molar-refractivity contribution is 8.14. The first-order chi connectivity index (χ1) is 19.6. The number of carbonyl (C=O) groups is 5. The lowest BCUT2D eigenvalue weighted by molar-refractivity contribution is -0.139. The number of hydrogen-bond donors (Lipinski definition) is 3. The summed E-state index contributed by atoms with van der Waals surface area (Å²) in [6.07, 6.45) is 3.27. The standard InChI is InChI=1S/C30H45N3O7S/c1-21(2)18-24(26(19-27(35)36)41-22(3)34)28(37)32-25-14-8-10-16-31-15-9-5-11-17-33(29(25)38)30(39)40-20-23-12-6-4-7-13-23/h4,6-7,12-13,21,24-26,31H,5,8-11,14-20H2,1-3H3,(H,32,37)(H,35,36). The zero-order valence-corrected chi connectivity index (χ0v) is 25.3. The minimum Gasteiger partial charge on any atom is -0.481 e. The average molecular weight is 592 g/mol. The van der Waals surface area contributed by atoms with Crippen molar-refractivity contribution in [1.82, 2.24) is 15.5 Å². The van der Waals surface area contributed by atoms with Crippen LogP contribution in [0.4, 0.5) is 4.79 Å². The van der Waals surface area contributed by atoms with E-state index >= 15 is 0 Å². The summed E-state index contributed by atoms with van der Waals surface area (Å²) in [5, 5.41) is 14.7. The molecule has 11 heteroatoms. The number of carboxylic acid groups (broad SMARTS) is 1. The zero-order valence-electron chi connectivity index (χ0n) is 24.4. The third-order valence-corrected chi connectivity index (χ3v) is 7.97. The molecule has 1 aromatic carbocycles. The minimum absolute atomic E-state index is 0.0139. The Labute approximate surface area is 247 Å². The maximum Gasteiger partial charge on any atom is 0.416 e.